The molecule has 0 amide bonds. The highest BCUT2D eigenvalue weighted by Gasteiger charge is 2.39. The molecule has 1 saturated carbocycles. The van der Waals surface area contributed by atoms with Crippen LogP contribution in [0.5, 0.6) is 0 Å². The average molecular weight is 394 g/mol. The number of benzene rings is 1. The summed E-state index contributed by atoms with van der Waals surface area (Å²) in [5.74, 6) is -1.37. The Morgan fingerprint density at radius 3 is 2.43 bits per heavy atom. The van der Waals surface area contributed by atoms with E-state index in [1.807, 2.05) is 6.92 Å². The second-order valence-electron chi connectivity index (χ2n) is 6.18. The molecule has 0 atom stereocenters. The molecular weight excluding hydrogens is 375 g/mol. The molecule has 7 heteroatoms. The minimum absolute atomic E-state index is 0.0696. The van der Waals surface area contributed by atoms with Crippen molar-refractivity contribution in [2.75, 3.05) is 0 Å². The van der Waals surface area contributed by atoms with Crippen LogP contribution >= 0.6 is 15.9 Å². The molecule has 128 valence electrons. The van der Waals surface area contributed by atoms with Gasteiger partial charge in [-0.25, -0.2) is 4.79 Å². The van der Waals surface area contributed by atoms with E-state index in [1.165, 1.54) is 6.07 Å². The first kappa shape index (κ1) is 18.3. The lowest BCUT2D eigenvalue weighted by Gasteiger charge is -2.39. The Bertz CT molecular complexity index is 625. The van der Waals surface area contributed by atoms with Gasteiger partial charge in [0.05, 0.1) is 11.1 Å². The van der Waals surface area contributed by atoms with Crippen LogP contribution in [0, 0.1) is 0 Å². The molecule has 1 aliphatic rings. The Morgan fingerprint density at radius 1 is 1.43 bits per heavy atom. The zero-order valence-electron chi connectivity index (χ0n) is 13.0. The Morgan fingerprint density at radius 2 is 2.04 bits per heavy atom. The first-order chi connectivity index (χ1) is 10.6. The lowest BCUT2D eigenvalue weighted by molar-refractivity contribution is -0.138. The first-order valence-corrected chi connectivity index (χ1v) is 8.28. The molecule has 0 heterocycles. The third kappa shape index (κ3) is 3.71. The highest BCUT2D eigenvalue weighted by Crippen LogP contribution is 2.41. The molecule has 0 aromatic heterocycles. The van der Waals surface area contributed by atoms with Crippen molar-refractivity contribution in [3.05, 3.63) is 32.8 Å². The number of rotatable bonds is 5. The fourth-order valence-corrected chi connectivity index (χ4v) is 3.71. The van der Waals surface area contributed by atoms with Crippen molar-refractivity contribution in [3.8, 4) is 0 Å². The van der Waals surface area contributed by atoms with Crippen molar-refractivity contribution in [3.63, 3.8) is 0 Å². The zero-order valence-corrected chi connectivity index (χ0v) is 14.6. The van der Waals surface area contributed by atoms with Gasteiger partial charge in [0, 0.05) is 16.6 Å². The summed E-state index contributed by atoms with van der Waals surface area (Å²) in [7, 11) is 0. The molecule has 1 aromatic carbocycles. The lowest BCUT2D eigenvalue weighted by atomic mass is 9.78. The topological polar surface area (TPSA) is 49.3 Å². The van der Waals surface area contributed by atoms with Gasteiger partial charge in [-0.2, -0.15) is 13.2 Å². The van der Waals surface area contributed by atoms with Crippen LogP contribution in [0.15, 0.2) is 10.5 Å². The molecule has 0 unspecified atom stereocenters. The summed E-state index contributed by atoms with van der Waals surface area (Å²) in [5, 5.41) is 12.5. The number of hydrogen-bond donors (Lipinski definition) is 2. The molecule has 3 nitrogen and oxygen atoms in total. The summed E-state index contributed by atoms with van der Waals surface area (Å²) < 4.78 is 39.9. The van der Waals surface area contributed by atoms with Crippen LogP contribution in [-0.2, 0) is 19.1 Å². The maximum Gasteiger partial charge on any atom is 0.417 e. The largest absolute Gasteiger partial charge is 0.478 e. The Kier molecular flexibility index (Phi) is 5.11. The van der Waals surface area contributed by atoms with Gasteiger partial charge in [0.15, 0.2) is 0 Å². The Labute approximate surface area is 141 Å². The predicted molar refractivity (Wildman–Crippen MR) is 84.6 cm³/mol. The highest BCUT2D eigenvalue weighted by molar-refractivity contribution is 9.10. The van der Waals surface area contributed by atoms with Crippen LogP contribution in [0.3, 0.4) is 0 Å². The number of carboxylic acid groups (broad SMARTS) is 1. The minimum Gasteiger partial charge on any atom is -0.478 e. The number of carboxylic acids is 1. The Hall–Kier alpha value is -1.08. The molecule has 1 fully saturated rings. The molecular formula is C16H19BrF3NO2. The molecule has 0 spiro atoms. The van der Waals surface area contributed by atoms with Gasteiger partial charge in [-0.05, 0) is 65.7 Å². The van der Waals surface area contributed by atoms with Crippen LogP contribution in [0.25, 0.3) is 0 Å². The summed E-state index contributed by atoms with van der Waals surface area (Å²) in [5.41, 5.74) is -0.765. The maximum absolute atomic E-state index is 13.4. The van der Waals surface area contributed by atoms with Crippen LogP contribution in [0.4, 0.5) is 13.2 Å². The van der Waals surface area contributed by atoms with Gasteiger partial charge < -0.3 is 10.4 Å². The number of alkyl halides is 3. The van der Waals surface area contributed by atoms with Crippen LogP contribution in [-0.4, -0.2) is 16.6 Å². The molecule has 2 rings (SSSR count). The molecule has 2 N–H and O–H groups in total. The zero-order chi connectivity index (χ0) is 17.4. The van der Waals surface area contributed by atoms with E-state index in [2.05, 4.69) is 21.2 Å². The summed E-state index contributed by atoms with van der Waals surface area (Å²) in [6.45, 7) is 3.91. The first-order valence-electron chi connectivity index (χ1n) is 7.49. The molecule has 1 aliphatic carbocycles. The standard InChI is InChI=1S/C16H19BrF3NO2/c1-3-10-9(8-21-15(2)5-4-6-15)7-11(14(22)23)13(17)12(10)16(18,19)20/h7,21H,3-6,8H2,1-2H3,(H,22,23). The molecule has 0 radical (unpaired) electrons. The van der Waals surface area contributed by atoms with Crippen LogP contribution in [0.1, 0.15) is 60.2 Å². The van der Waals surface area contributed by atoms with Gasteiger partial charge in [0.2, 0.25) is 0 Å². The third-order valence-electron chi connectivity index (χ3n) is 4.49. The fraction of sp³-hybridized carbons (Fsp3) is 0.562. The molecule has 23 heavy (non-hydrogen) atoms. The van der Waals surface area contributed by atoms with E-state index in [0.29, 0.717) is 5.56 Å². The number of halogens is 4. The highest BCUT2D eigenvalue weighted by atomic mass is 79.9. The summed E-state index contributed by atoms with van der Waals surface area (Å²) in [6.07, 6.45) is -1.38. The van der Waals surface area contributed by atoms with E-state index in [0.717, 1.165) is 19.3 Å². The van der Waals surface area contributed by atoms with Gasteiger partial charge >= 0.3 is 12.1 Å². The smallest absolute Gasteiger partial charge is 0.417 e. The Balaban J connectivity index is 2.51. The number of hydrogen-bond acceptors (Lipinski definition) is 2. The lowest BCUT2D eigenvalue weighted by Crippen LogP contribution is -2.47. The maximum atomic E-state index is 13.4. The summed E-state index contributed by atoms with van der Waals surface area (Å²) in [6, 6.07) is 1.34. The monoisotopic (exact) mass is 393 g/mol. The van der Waals surface area contributed by atoms with Crippen molar-refractivity contribution in [2.45, 2.75) is 57.8 Å². The predicted octanol–water partition coefficient (Wildman–Crippen LogP) is 4.76. The van der Waals surface area contributed by atoms with Crippen molar-refractivity contribution in [2.24, 2.45) is 0 Å². The summed E-state index contributed by atoms with van der Waals surface area (Å²) in [4.78, 5) is 11.3. The van der Waals surface area contributed by atoms with E-state index < -0.39 is 22.2 Å². The van der Waals surface area contributed by atoms with Crippen molar-refractivity contribution in [1.29, 1.82) is 0 Å². The van der Waals surface area contributed by atoms with E-state index in [4.69, 9.17) is 0 Å². The molecule has 0 aliphatic heterocycles. The second-order valence-corrected chi connectivity index (χ2v) is 6.97. The summed E-state index contributed by atoms with van der Waals surface area (Å²) >= 11 is 2.84. The molecule has 0 saturated heterocycles. The van der Waals surface area contributed by atoms with Crippen molar-refractivity contribution >= 4 is 21.9 Å². The van der Waals surface area contributed by atoms with Gasteiger partial charge in [-0.3, -0.25) is 0 Å². The second kappa shape index (κ2) is 6.43. The molecule has 0 bridgehead atoms. The van der Waals surface area contributed by atoms with E-state index >= 15 is 0 Å². The normalized spacial score (nSPS) is 17.0. The van der Waals surface area contributed by atoms with E-state index in [-0.39, 0.29) is 29.6 Å². The third-order valence-corrected chi connectivity index (χ3v) is 5.32. The molecule has 1 aromatic rings. The van der Waals surface area contributed by atoms with Gasteiger partial charge in [-0.1, -0.05) is 6.92 Å². The van der Waals surface area contributed by atoms with Gasteiger partial charge in [0.1, 0.15) is 0 Å². The van der Waals surface area contributed by atoms with Crippen molar-refractivity contribution < 1.29 is 23.1 Å². The van der Waals surface area contributed by atoms with E-state index in [1.54, 1.807) is 6.92 Å². The fourth-order valence-electron chi connectivity index (χ4n) is 2.96. The van der Waals surface area contributed by atoms with Gasteiger partial charge in [-0.15, -0.1) is 0 Å². The average Bonchev–Trinajstić information content (AvgIpc) is 2.41. The number of carbonyl (C=O) groups is 1. The van der Waals surface area contributed by atoms with E-state index in [9.17, 15) is 23.1 Å². The SMILES string of the molecule is CCc1c(CNC2(C)CCC2)cc(C(=O)O)c(Br)c1C(F)(F)F. The van der Waals surface area contributed by atoms with Gasteiger partial charge in [0.25, 0.3) is 0 Å². The quantitative estimate of drug-likeness (QED) is 0.757. The number of aromatic carboxylic acids is 1. The minimum atomic E-state index is -4.61. The number of nitrogens with one attached hydrogen (secondary N) is 1. The van der Waals surface area contributed by atoms with Crippen molar-refractivity contribution in [1.82, 2.24) is 5.32 Å². The van der Waals surface area contributed by atoms with Crippen LogP contribution in [0.2, 0.25) is 0 Å². The van der Waals surface area contributed by atoms with Crippen LogP contribution < -0.4 is 5.32 Å².